The second-order valence-corrected chi connectivity index (χ2v) is 6.76. The minimum absolute atomic E-state index is 0.0190. The van der Waals surface area contributed by atoms with Gasteiger partial charge in [-0.3, -0.25) is 4.79 Å². The van der Waals surface area contributed by atoms with Gasteiger partial charge in [0.1, 0.15) is 0 Å². The summed E-state index contributed by atoms with van der Waals surface area (Å²) in [6.07, 6.45) is 13.2. The number of carbonyl (C=O) groups excluding carboxylic acids is 1. The summed E-state index contributed by atoms with van der Waals surface area (Å²) >= 11 is 0. The van der Waals surface area contributed by atoms with Crippen LogP contribution in [0.2, 0.25) is 0 Å². The SMILES string of the molecule is CCCCCCCCCCCC(=O)OCC(C)(C)CC. The van der Waals surface area contributed by atoms with Crippen molar-refractivity contribution in [1.29, 1.82) is 0 Å². The van der Waals surface area contributed by atoms with E-state index in [2.05, 4.69) is 27.7 Å². The largest absolute Gasteiger partial charge is 0.465 e. The fourth-order valence-corrected chi connectivity index (χ4v) is 2.03. The van der Waals surface area contributed by atoms with E-state index < -0.39 is 0 Å². The van der Waals surface area contributed by atoms with Gasteiger partial charge in [0.15, 0.2) is 0 Å². The highest BCUT2D eigenvalue weighted by molar-refractivity contribution is 5.69. The standard InChI is InChI=1S/C18H36O2/c1-5-7-8-9-10-11-12-13-14-15-17(19)20-16-18(3,4)6-2/h5-16H2,1-4H3. The summed E-state index contributed by atoms with van der Waals surface area (Å²) in [7, 11) is 0. The van der Waals surface area contributed by atoms with Crippen molar-refractivity contribution < 1.29 is 9.53 Å². The number of ether oxygens (including phenoxy) is 1. The van der Waals surface area contributed by atoms with Crippen molar-refractivity contribution in [1.82, 2.24) is 0 Å². The summed E-state index contributed by atoms with van der Waals surface area (Å²) in [6, 6.07) is 0. The average molecular weight is 284 g/mol. The van der Waals surface area contributed by atoms with Gasteiger partial charge < -0.3 is 4.74 Å². The molecule has 0 atom stereocenters. The van der Waals surface area contributed by atoms with E-state index in [0.29, 0.717) is 13.0 Å². The first kappa shape index (κ1) is 19.5. The topological polar surface area (TPSA) is 26.3 Å². The van der Waals surface area contributed by atoms with E-state index in [1.807, 2.05) is 0 Å². The molecule has 0 aliphatic heterocycles. The van der Waals surface area contributed by atoms with Crippen molar-refractivity contribution in [3.05, 3.63) is 0 Å². The maximum Gasteiger partial charge on any atom is 0.305 e. The Morgan fingerprint density at radius 2 is 1.35 bits per heavy atom. The van der Waals surface area contributed by atoms with E-state index in [0.717, 1.165) is 12.8 Å². The highest BCUT2D eigenvalue weighted by Crippen LogP contribution is 2.20. The van der Waals surface area contributed by atoms with Crippen LogP contribution in [-0.2, 0) is 9.53 Å². The van der Waals surface area contributed by atoms with Gasteiger partial charge in [0.05, 0.1) is 6.61 Å². The zero-order chi connectivity index (χ0) is 15.3. The molecule has 120 valence electrons. The van der Waals surface area contributed by atoms with Gasteiger partial charge in [-0.1, -0.05) is 79.1 Å². The summed E-state index contributed by atoms with van der Waals surface area (Å²) in [5, 5.41) is 0. The lowest BCUT2D eigenvalue weighted by Crippen LogP contribution is -2.20. The predicted octanol–water partition coefficient (Wildman–Crippen LogP) is 5.89. The van der Waals surface area contributed by atoms with Crippen LogP contribution in [0.15, 0.2) is 0 Å². The van der Waals surface area contributed by atoms with E-state index in [9.17, 15) is 4.79 Å². The van der Waals surface area contributed by atoms with Gasteiger partial charge in [-0.05, 0) is 18.3 Å². The van der Waals surface area contributed by atoms with Crippen LogP contribution in [0, 0.1) is 5.41 Å². The number of esters is 1. The maximum atomic E-state index is 11.6. The van der Waals surface area contributed by atoms with E-state index >= 15 is 0 Å². The van der Waals surface area contributed by atoms with E-state index in [4.69, 9.17) is 4.74 Å². The second kappa shape index (κ2) is 12.2. The molecule has 0 rings (SSSR count). The fraction of sp³-hybridized carbons (Fsp3) is 0.944. The van der Waals surface area contributed by atoms with Crippen molar-refractivity contribution in [2.75, 3.05) is 6.61 Å². The number of rotatable bonds is 13. The first-order chi connectivity index (χ1) is 9.52. The molecule has 0 saturated heterocycles. The van der Waals surface area contributed by atoms with Gasteiger partial charge in [0.2, 0.25) is 0 Å². The first-order valence-corrected chi connectivity index (χ1v) is 8.67. The molecular weight excluding hydrogens is 248 g/mol. The molecule has 0 aliphatic rings. The lowest BCUT2D eigenvalue weighted by molar-refractivity contribution is -0.146. The van der Waals surface area contributed by atoms with Crippen molar-refractivity contribution >= 4 is 5.97 Å². The molecule has 0 aromatic carbocycles. The Morgan fingerprint density at radius 3 is 1.85 bits per heavy atom. The molecule has 20 heavy (non-hydrogen) atoms. The van der Waals surface area contributed by atoms with Gasteiger partial charge in [0.25, 0.3) is 0 Å². The van der Waals surface area contributed by atoms with Crippen molar-refractivity contribution in [2.24, 2.45) is 5.41 Å². The number of hydrogen-bond donors (Lipinski definition) is 0. The zero-order valence-electron chi connectivity index (χ0n) is 14.3. The molecule has 0 spiro atoms. The molecule has 0 heterocycles. The lowest BCUT2D eigenvalue weighted by Gasteiger charge is -2.21. The van der Waals surface area contributed by atoms with Crippen molar-refractivity contribution in [2.45, 2.75) is 98.3 Å². The van der Waals surface area contributed by atoms with Crippen LogP contribution >= 0.6 is 0 Å². The minimum Gasteiger partial charge on any atom is -0.465 e. The Kier molecular flexibility index (Phi) is 11.9. The summed E-state index contributed by atoms with van der Waals surface area (Å²) in [5.74, 6) is -0.0190. The normalized spacial score (nSPS) is 11.6. The molecular formula is C18H36O2. The van der Waals surface area contributed by atoms with E-state index in [-0.39, 0.29) is 11.4 Å². The van der Waals surface area contributed by atoms with Crippen LogP contribution in [0.1, 0.15) is 98.3 Å². The highest BCUT2D eigenvalue weighted by Gasteiger charge is 2.17. The molecule has 0 radical (unpaired) electrons. The van der Waals surface area contributed by atoms with Crippen molar-refractivity contribution in [3.8, 4) is 0 Å². The summed E-state index contributed by atoms with van der Waals surface area (Å²) in [6.45, 7) is 9.21. The molecule has 0 aromatic heterocycles. The lowest BCUT2D eigenvalue weighted by atomic mass is 9.92. The average Bonchev–Trinajstić information content (AvgIpc) is 2.43. The highest BCUT2D eigenvalue weighted by atomic mass is 16.5. The van der Waals surface area contributed by atoms with Crippen LogP contribution in [-0.4, -0.2) is 12.6 Å². The van der Waals surface area contributed by atoms with Crippen LogP contribution in [0.3, 0.4) is 0 Å². The monoisotopic (exact) mass is 284 g/mol. The third-order valence-corrected chi connectivity index (χ3v) is 4.07. The van der Waals surface area contributed by atoms with Crippen LogP contribution in [0.25, 0.3) is 0 Å². The summed E-state index contributed by atoms with van der Waals surface area (Å²) in [4.78, 5) is 11.6. The number of carbonyl (C=O) groups is 1. The van der Waals surface area contributed by atoms with Gasteiger partial charge in [-0.25, -0.2) is 0 Å². The van der Waals surface area contributed by atoms with E-state index in [1.165, 1.54) is 51.4 Å². The Labute approximate surface area is 126 Å². The second-order valence-electron chi connectivity index (χ2n) is 6.76. The number of unbranched alkanes of at least 4 members (excludes halogenated alkanes) is 8. The Hall–Kier alpha value is -0.530. The van der Waals surface area contributed by atoms with Crippen LogP contribution in [0.4, 0.5) is 0 Å². The molecule has 0 amide bonds. The Bertz CT molecular complexity index is 234. The number of hydrogen-bond acceptors (Lipinski definition) is 2. The molecule has 0 unspecified atom stereocenters. The van der Waals surface area contributed by atoms with Gasteiger partial charge in [-0.15, -0.1) is 0 Å². The molecule has 0 fully saturated rings. The fourth-order valence-electron chi connectivity index (χ4n) is 2.03. The molecule has 0 aliphatic carbocycles. The first-order valence-electron chi connectivity index (χ1n) is 8.67. The molecule has 0 N–H and O–H groups in total. The van der Waals surface area contributed by atoms with Crippen LogP contribution < -0.4 is 0 Å². The summed E-state index contributed by atoms with van der Waals surface area (Å²) < 4.78 is 5.33. The predicted molar refractivity (Wildman–Crippen MR) is 86.9 cm³/mol. The Morgan fingerprint density at radius 1 is 0.850 bits per heavy atom. The molecule has 0 bridgehead atoms. The summed E-state index contributed by atoms with van der Waals surface area (Å²) in [5.41, 5.74) is 0.119. The van der Waals surface area contributed by atoms with Gasteiger partial charge >= 0.3 is 5.97 Å². The van der Waals surface area contributed by atoms with Gasteiger partial charge in [-0.2, -0.15) is 0 Å². The van der Waals surface area contributed by atoms with Crippen LogP contribution in [0.5, 0.6) is 0 Å². The molecule has 2 heteroatoms. The minimum atomic E-state index is -0.0190. The third kappa shape index (κ3) is 12.5. The zero-order valence-corrected chi connectivity index (χ0v) is 14.3. The van der Waals surface area contributed by atoms with Gasteiger partial charge in [0, 0.05) is 6.42 Å². The smallest absolute Gasteiger partial charge is 0.305 e. The molecule has 2 nitrogen and oxygen atoms in total. The quantitative estimate of drug-likeness (QED) is 0.311. The third-order valence-electron chi connectivity index (χ3n) is 4.07. The van der Waals surface area contributed by atoms with Crippen molar-refractivity contribution in [3.63, 3.8) is 0 Å². The maximum absolute atomic E-state index is 11.6. The van der Waals surface area contributed by atoms with E-state index in [1.54, 1.807) is 0 Å². The Balaban J connectivity index is 3.32. The molecule has 0 saturated carbocycles. The molecule has 0 aromatic rings.